The summed E-state index contributed by atoms with van der Waals surface area (Å²) >= 11 is 0. The number of oxazole rings is 1. The lowest BCUT2D eigenvalue weighted by molar-refractivity contribution is 0.348. The molecular weight excluding hydrogens is 259 g/mol. The molecule has 0 spiro atoms. The first-order valence-electron chi connectivity index (χ1n) is 6.43. The normalized spacial score (nSPS) is 14.7. The van der Waals surface area contributed by atoms with E-state index in [-0.39, 0.29) is 6.67 Å². The van der Waals surface area contributed by atoms with Crippen molar-refractivity contribution < 1.29 is 13.5 Å². The van der Waals surface area contributed by atoms with Crippen LogP contribution in [0.25, 0.3) is 16.7 Å². The number of hydrogen-bond donors (Lipinski definition) is 0. The molecule has 2 heterocycles. The van der Waals surface area contributed by atoms with Gasteiger partial charge in [0.1, 0.15) is 17.9 Å². The van der Waals surface area contributed by atoms with Crippen LogP contribution in [0, 0.1) is 0 Å². The number of ether oxygens (including phenoxy) is 1. The van der Waals surface area contributed by atoms with E-state index in [9.17, 15) is 4.39 Å². The van der Waals surface area contributed by atoms with Crippen molar-refractivity contribution in [3.8, 4) is 5.75 Å². The Kier molecular flexibility index (Phi) is 3.41. The molecule has 0 fully saturated rings. The Morgan fingerprint density at radius 2 is 2.35 bits per heavy atom. The van der Waals surface area contributed by atoms with Gasteiger partial charge >= 0.3 is 0 Å². The molecule has 0 N–H and O–H groups in total. The van der Waals surface area contributed by atoms with E-state index in [4.69, 9.17) is 9.15 Å². The van der Waals surface area contributed by atoms with Crippen molar-refractivity contribution in [2.75, 3.05) is 26.9 Å². The van der Waals surface area contributed by atoms with E-state index in [2.05, 4.69) is 4.98 Å². The van der Waals surface area contributed by atoms with Crippen molar-refractivity contribution in [2.45, 2.75) is 0 Å². The maximum Gasteiger partial charge on any atom is 0.228 e. The minimum atomic E-state index is -0.373. The van der Waals surface area contributed by atoms with E-state index in [0.717, 1.165) is 16.8 Å². The highest BCUT2D eigenvalue weighted by molar-refractivity contribution is 5.79. The average Bonchev–Trinajstić information content (AvgIpc) is 2.90. The minimum absolute atomic E-state index is 0.373. The van der Waals surface area contributed by atoms with Crippen LogP contribution in [-0.2, 0) is 0 Å². The van der Waals surface area contributed by atoms with Gasteiger partial charge in [0.15, 0.2) is 5.58 Å². The number of fused-ring (bicyclic) bond motifs is 1. The smallest absolute Gasteiger partial charge is 0.228 e. The second-order valence-corrected chi connectivity index (χ2v) is 4.52. The zero-order chi connectivity index (χ0) is 13.9. The number of aromatic nitrogens is 1. The zero-order valence-corrected chi connectivity index (χ0v) is 11.2. The van der Waals surface area contributed by atoms with Gasteiger partial charge in [-0.05, 0) is 12.1 Å². The van der Waals surface area contributed by atoms with Gasteiger partial charge in [-0.1, -0.05) is 12.2 Å². The third kappa shape index (κ3) is 2.39. The van der Waals surface area contributed by atoms with Crippen molar-refractivity contribution in [1.29, 1.82) is 0 Å². The molecule has 4 nitrogen and oxygen atoms in total. The van der Waals surface area contributed by atoms with Gasteiger partial charge in [0.25, 0.3) is 0 Å². The van der Waals surface area contributed by atoms with Gasteiger partial charge < -0.3 is 14.1 Å². The van der Waals surface area contributed by atoms with Crippen LogP contribution in [0.2, 0.25) is 0 Å². The molecule has 0 atom stereocenters. The van der Waals surface area contributed by atoms with Crippen LogP contribution in [-0.4, -0.2) is 36.8 Å². The average molecular weight is 274 g/mol. The van der Waals surface area contributed by atoms with Crippen LogP contribution < -0.4 is 4.74 Å². The fraction of sp³-hybridized carbons (Fsp3) is 0.267. The second kappa shape index (κ2) is 5.36. The molecule has 3 rings (SSSR count). The van der Waals surface area contributed by atoms with Gasteiger partial charge in [-0.2, -0.15) is 0 Å². The summed E-state index contributed by atoms with van der Waals surface area (Å²) in [5.41, 5.74) is 2.30. The molecule has 104 valence electrons. The maximum atomic E-state index is 12.4. The Morgan fingerprint density at radius 3 is 3.15 bits per heavy atom. The van der Waals surface area contributed by atoms with E-state index >= 15 is 0 Å². The van der Waals surface area contributed by atoms with E-state index in [1.807, 2.05) is 35.4 Å². The number of alkyl halides is 1. The van der Waals surface area contributed by atoms with Crippen molar-refractivity contribution in [3.05, 3.63) is 42.4 Å². The molecule has 20 heavy (non-hydrogen) atoms. The zero-order valence-electron chi connectivity index (χ0n) is 11.2. The van der Waals surface area contributed by atoms with Crippen molar-refractivity contribution in [1.82, 2.24) is 9.88 Å². The van der Waals surface area contributed by atoms with Crippen molar-refractivity contribution in [2.24, 2.45) is 0 Å². The third-order valence-electron chi connectivity index (χ3n) is 3.17. The lowest BCUT2D eigenvalue weighted by Gasteiger charge is -2.20. The van der Waals surface area contributed by atoms with E-state index < -0.39 is 0 Å². The van der Waals surface area contributed by atoms with Gasteiger partial charge in [0, 0.05) is 25.4 Å². The van der Waals surface area contributed by atoms with Crippen LogP contribution >= 0.6 is 0 Å². The molecule has 0 saturated heterocycles. The quantitative estimate of drug-likeness (QED) is 0.859. The number of hydrogen-bond acceptors (Lipinski definition) is 4. The molecule has 0 bridgehead atoms. The summed E-state index contributed by atoms with van der Waals surface area (Å²) in [6, 6.07) is 5.50. The van der Waals surface area contributed by atoms with E-state index in [1.165, 1.54) is 0 Å². The molecule has 1 aliphatic heterocycles. The summed E-state index contributed by atoms with van der Waals surface area (Å²) in [4.78, 5) is 6.34. The number of nitrogens with zero attached hydrogens (tertiary/aromatic N) is 2. The molecule has 1 aromatic heterocycles. The molecule has 0 saturated carbocycles. The van der Waals surface area contributed by atoms with Gasteiger partial charge in [-0.3, -0.25) is 0 Å². The highest BCUT2D eigenvalue weighted by Crippen LogP contribution is 2.26. The second-order valence-electron chi connectivity index (χ2n) is 4.52. The Hall–Kier alpha value is -2.30. The topological polar surface area (TPSA) is 38.5 Å². The standard InChI is InChI=1S/C15H15FN2O2/c1-19-12-4-5-13-14(9-12)20-15(17-13)11-3-2-7-18(10-11)8-6-16/h2-5,9-10H,6-8H2,1H3. The fourth-order valence-electron chi connectivity index (χ4n) is 2.15. The molecule has 2 aromatic rings. The van der Waals surface area contributed by atoms with Gasteiger partial charge in [-0.25, -0.2) is 9.37 Å². The van der Waals surface area contributed by atoms with Crippen molar-refractivity contribution in [3.63, 3.8) is 0 Å². The molecular formula is C15H15FN2O2. The molecule has 0 aliphatic carbocycles. The minimum Gasteiger partial charge on any atom is -0.497 e. The van der Waals surface area contributed by atoms with Crippen LogP contribution in [0.5, 0.6) is 5.75 Å². The summed E-state index contributed by atoms with van der Waals surface area (Å²) < 4.78 is 23.3. The number of allylic oxidation sites excluding steroid dienone is 2. The molecule has 5 heteroatoms. The lowest BCUT2D eigenvalue weighted by Crippen LogP contribution is -2.22. The van der Waals surface area contributed by atoms with Gasteiger partial charge in [0.05, 0.1) is 12.7 Å². The van der Waals surface area contributed by atoms with Crippen LogP contribution in [0.1, 0.15) is 5.89 Å². The van der Waals surface area contributed by atoms with Crippen molar-refractivity contribution >= 4 is 16.7 Å². The first kappa shape index (κ1) is 12.7. The Bertz CT molecular complexity index is 676. The summed E-state index contributed by atoms with van der Waals surface area (Å²) in [5, 5.41) is 0. The number of halogens is 1. The Balaban J connectivity index is 1.95. The SMILES string of the molecule is COc1ccc2nc(C3=CN(CCF)CC=C3)oc2c1. The molecule has 1 aromatic carbocycles. The maximum absolute atomic E-state index is 12.4. The Morgan fingerprint density at radius 1 is 1.45 bits per heavy atom. The summed E-state index contributed by atoms with van der Waals surface area (Å²) in [6.07, 6.45) is 5.79. The summed E-state index contributed by atoms with van der Waals surface area (Å²) in [6.45, 7) is 0.714. The predicted octanol–water partition coefficient (Wildman–Crippen LogP) is 3.02. The highest BCUT2D eigenvalue weighted by atomic mass is 19.1. The predicted molar refractivity (Wildman–Crippen MR) is 75.2 cm³/mol. The molecule has 0 unspecified atom stereocenters. The number of methoxy groups -OCH3 is 1. The lowest BCUT2D eigenvalue weighted by atomic mass is 10.2. The van der Waals surface area contributed by atoms with E-state index in [0.29, 0.717) is 24.6 Å². The fourth-order valence-corrected chi connectivity index (χ4v) is 2.15. The first-order chi connectivity index (χ1) is 9.80. The number of rotatable bonds is 4. The monoisotopic (exact) mass is 274 g/mol. The van der Waals surface area contributed by atoms with Gasteiger partial charge in [-0.15, -0.1) is 0 Å². The molecule has 1 aliphatic rings. The largest absolute Gasteiger partial charge is 0.497 e. The number of benzene rings is 1. The van der Waals surface area contributed by atoms with Gasteiger partial charge in [0.2, 0.25) is 5.89 Å². The van der Waals surface area contributed by atoms with E-state index in [1.54, 1.807) is 13.2 Å². The highest BCUT2D eigenvalue weighted by Gasteiger charge is 2.13. The molecule has 0 radical (unpaired) electrons. The van der Waals surface area contributed by atoms with Crippen LogP contribution in [0.3, 0.4) is 0 Å². The molecule has 0 amide bonds. The summed E-state index contributed by atoms with van der Waals surface area (Å²) in [7, 11) is 1.61. The summed E-state index contributed by atoms with van der Waals surface area (Å²) in [5.74, 6) is 1.26. The first-order valence-corrected chi connectivity index (χ1v) is 6.43. The van der Waals surface area contributed by atoms with Crippen LogP contribution in [0.15, 0.2) is 41.0 Å². The third-order valence-corrected chi connectivity index (χ3v) is 3.17. The Labute approximate surface area is 116 Å². The van der Waals surface area contributed by atoms with Crippen LogP contribution in [0.4, 0.5) is 4.39 Å².